The van der Waals surface area contributed by atoms with E-state index in [9.17, 15) is 9.59 Å². The Labute approximate surface area is 166 Å². The Hall–Kier alpha value is -2.19. The van der Waals surface area contributed by atoms with E-state index in [2.05, 4.69) is 39.4 Å². The van der Waals surface area contributed by atoms with Crippen LogP contribution in [0.15, 0.2) is 12.3 Å². The summed E-state index contributed by atoms with van der Waals surface area (Å²) in [6.07, 6.45) is 3.68. The summed E-state index contributed by atoms with van der Waals surface area (Å²) in [5, 5.41) is 5.73. The number of carbonyl (C=O) groups is 2. The molecule has 0 aromatic carbocycles. The highest BCUT2D eigenvalue weighted by Gasteiger charge is 2.31. The second-order valence-electron chi connectivity index (χ2n) is 8.23. The Bertz CT molecular complexity index is 738. The third-order valence-corrected chi connectivity index (χ3v) is 6.45. The van der Waals surface area contributed by atoms with Gasteiger partial charge >= 0.3 is 0 Å². The van der Waals surface area contributed by atoms with Gasteiger partial charge in [-0.3, -0.25) is 14.5 Å². The van der Waals surface area contributed by atoms with Gasteiger partial charge in [0.1, 0.15) is 5.82 Å². The number of piperazine rings is 1. The molecule has 1 aromatic heterocycles. The zero-order chi connectivity index (χ0) is 19.7. The molecular formula is C20H30N6O2. The summed E-state index contributed by atoms with van der Waals surface area (Å²) in [6, 6.07) is 2.30. The van der Waals surface area contributed by atoms with Gasteiger partial charge in [0.15, 0.2) is 0 Å². The Morgan fingerprint density at radius 3 is 2.61 bits per heavy atom. The van der Waals surface area contributed by atoms with Gasteiger partial charge in [0, 0.05) is 51.5 Å². The van der Waals surface area contributed by atoms with Gasteiger partial charge in [-0.2, -0.15) is 0 Å². The molecule has 3 aliphatic heterocycles. The lowest BCUT2D eigenvalue weighted by Crippen LogP contribution is -2.52. The number of anilines is 2. The zero-order valence-corrected chi connectivity index (χ0v) is 16.8. The van der Waals surface area contributed by atoms with Crippen LogP contribution in [0.25, 0.3) is 0 Å². The molecule has 8 nitrogen and oxygen atoms in total. The molecular weight excluding hydrogens is 356 g/mol. The highest BCUT2D eigenvalue weighted by Crippen LogP contribution is 2.27. The summed E-state index contributed by atoms with van der Waals surface area (Å²) < 4.78 is 0. The number of hydrogen-bond donors (Lipinski definition) is 2. The Morgan fingerprint density at radius 1 is 1.18 bits per heavy atom. The number of hydrogen-bond acceptors (Lipinski definition) is 6. The molecule has 1 aromatic rings. The second-order valence-corrected chi connectivity index (χ2v) is 8.23. The van der Waals surface area contributed by atoms with E-state index in [0.29, 0.717) is 29.0 Å². The van der Waals surface area contributed by atoms with Gasteiger partial charge < -0.3 is 20.4 Å². The van der Waals surface area contributed by atoms with Crippen molar-refractivity contribution in [3.05, 3.63) is 17.8 Å². The number of aromatic nitrogens is 1. The number of rotatable bonds is 3. The molecule has 4 heterocycles. The van der Waals surface area contributed by atoms with Crippen LogP contribution in [0.3, 0.4) is 0 Å². The highest BCUT2D eigenvalue weighted by molar-refractivity contribution is 6.02. The number of likely N-dealkylation sites (tertiary alicyclic amines) is 1. The van der Waals surface area contributed by atoms with E-state index in [1.165, 1.54) is 0 Å². The van der Waals surface area contributed by atoms with E-state index in [1.54, 1.807) is 12.3 Å². The van der Waals surface area contributed by atoms with Gasteiger partial charge in [0.25, 0.3) is 5.91 Å². The molecule has 1 atom stereocenters. The van der Waals surface area contributed by atoms with Crippen LogP contribution < -0.4 is 10.6 Å². The molecule has 2 saturated heterocycles. The van der Waals surface area contributed by atoms with Crippen LogP contribution >= 0.6 is 0 Å². The van der Waals surface area contributed by atoms with E-state index in [1.807, 2.05) is 4.90 Å². The highest BCUT2D eigenvalue weighted by atomic mass is 16.2. The van der Waals surface area contributed by atoms with E-state index in [0.717, 1.165) is 52.1 Å². The summed E-state index contributed by atoms with van der Waals surface area (Å²) in [5.74, 6) is 1.15. The van der Waals surface area contributed by atoms with Crippen LogP contribution in [0.1, 0.15) is 30.1 Å². The molecule has 0 radical (unpaired) electrons. The summed E-state index contributed by atoms with van der Waals surface area (Å²) in [4.78, 5) is 35.7. The molecule has 0 aliphatic carbocycles. The zero-order valence-electron chi connectivity index (χ0n) is 16.8. The summed E-state index contributed by atoms with van der Waals surface area (Å²) in [5.41, 5.74) is 1.12. The van der Waals surface area contributed by atoms with Crippen molar-refractivity contribution in [2.75, 3.05) is 63.5 Å². The first-order valence-corrected chi connectivity index (χ1v) is 10.3. The lowest BCUT2D eigenvalue weighted by Gasteiger charge is -2.42. The maximum absolute atomic E-state index is 12.9. The van der Waals surface area contributed by atoms with E-state index >= 15 is 0 Å². The van der Waals surface area contributed by atoms with Crippen LogP contribution in [0.2, 0.25) is 0 Å². The van der Waals surface area contributed by atoms with Gasteiger partial charge in [-0.1, -0.05) is 0 Å². The first-order valence-electron chi connectivity index (χ1n) is 10.3. The van der Waals surface area contributed by atoms with Gasteiger partial charge in [0.05, 0.1) is 17.8 Å². The van der Waals surface area contributed by atoms with Crippen LogP contribution in [0.4, 0.5) is 11.5 Å². The number of carbonyl (C=O) groups excluding carboxylic acids is 2. The second kappa shape index (κ2) is 8.05. The lowest BCUT2D eigenvalue weighted by atomic mass is 9.89. The Kier molecular flexibility index (Phi) is 5.50. The number of pyridine rings is 1. The molecule has 28 heavy (non-hydrogen) atoms. The molecule has 1 unspecified atom stereocenters. The maximum Gasteiger partial charge on any atom is 0.255 e. The van der Waals surface area contributed by atoms with Gasteiger partial charge in [-0.15, -0.1) is 0 Å². The number of nitrogens with one attached hydrogen (secondary N) is 2. The number of piperidine rings is 1. The maximum atomic E-state index is 12.9. The Balaban J connectivity index is 1.34. The average molecular weight is 387 g/mol. The van der Waals surface area contributed by atoms with E-state index in [4.69, 9.17) is 0 Å². The fraction of sp³-hybridized carbons (Fsp3) is 0.650. The monoisotopic (exact) mass is 386 g/mol. The standard InChI is InChI=1S/C20H30N6O2/c1-14(25-9-7-24(2)8-10-25)15-3-5-26(6-4-15)20(28)16-11-17-19(21-12-16)22-13-18(27)23-17/h11-12,14-15H,3-10,13H2,1-2H3,(H,21,22)(H,23,27). The largest absolute Gasteiger partial charge is 0.359 e. The Morgan fingerprint density at radius 2 is 1.89 bits per heavy atom. The van der Waals surface area contributed by atoms with Crippen molar-refractivity contribution in [3.8, 4) is 0 Å². The molecule has 2 N–H and O–H groups in total. The van der Waals surface area contributed by atoms with Crippen molar-refractivity contribution in [1.29, 1.82) is 0 Å². The average Bonchev–Trinajstić information content (AvgIpc) is 2.73. The van der Waals surface area contributed by atoms with Crippen LogP contribution in [-0.4, -0.2) is 90.4 Å². The number of fused-ring (bicyclic) bond motifs is 1. The quantitative estimate of drug-likeness (QED) is 0.805. The van der Waals surface area contributed by atoms with Crippen molar-refractivity contribution >= 4 is 23.3 Å². The SMILES string of the molecule is CC(C1CCN(C(=O)c2cnc3c(c2)NC(=O)CN3)CC1)N1CCN(C)CC1. The predicted molar refractivity (Wildman–Crippen MR) is 109 cm³/mol. The van der Waals surface area contributed by atoms with Crippen molar-refractivity contribution in [2.24, 2.45) is 5.92 Å². The fourth-order valence-electron chi connectivity index (χ4n) is 4.47. The minimum Gasteiger partial charge on any atom is -0.359 e. The lowest BCUT2D eigenvalue weighted by molar-refractivity contribution is -0.114. The first kappa shape index (κ1) is 19.1. The van der Waals surface area contributed by atoms with Gasteiger partial charge in [-0.25, -0.2) is 4.98 Å². The fourth-order valence-corrected chi connectivity index (χ4v) is 4.47. The van der Waals surface area contributed by atoms with Crippen molar-refractivity contribution in [2.45, 2.75) is 25.8 Å². The molecule has 152 valence electrons. The van der Waals surface area contributed by atoms with Crippen molar-refractivity contribution < 1.29 is 9.59 Å². The minimum absolute atomic E-state index is 0.000762. The third kappa shape index (κ3) is 3.98. The molecule has 3 aliphatic rings. The van der Waals surface area contributed by atoms with Crippen LogP contribution in [0.5, 0.6) is 0 Å². The van der Waals surface area contributed by atoms with Crippen molar-refractivity contribution in [1.82, 2.24) is 19.7 Å². The van der Waals surface area contributed by atoms with E-state index in [-0.39, 0.29) is 18.4 Å². The predicted octanol–water partition coefficient (Wildman–Crippen LogP) is 0.934. The van der Waals surface area contributed by atoms with Crippen LogP contribution in [-0.2, 0) is 4.79 Å². The first-order chi connectivity index (χ1) is 13.5. The molecule has 2 fully saturated rings. The third-order valence-electron chi connectivity index (χ3n) is 6.45. The summed E-state index contributed by atoms with van der Waals surface area (Å²) in [6.45, 7) is 8.67. The minimum atomic E-state index is -0.113. The number of likely N-dealkylation sites (N-methyl/N-ethyl adjacent to an activating group) is 1. The van der Waals surface area contributed by atoms with Gasteiger partial charge in [-0.05, 0) is 38.8 Å². The molecule has 0 saturated carbocycles. The normalized spacial score (nSPS) is 22.9. The topological polar surface area (TPSA) is 80.8 Å². The molecule has 4 rings (SSSR count). The van der Waals surface area contributed by atoms with Crippen molar-refractivity contribution in [3.63, 3.8) is 0 Å². The molecule has 0 bridgehead atoms. The van der Waals surface area contributed by atoms with E-state index < -0.39 is 0 Å². The number of amides is 2. The summed E-state index contributed by atoms with van der Waals surface area (Å²) >= 11 is 0. The van der Waals surface area contributed by atoms with Crippen LogP contribution in [0, 0.1) is 5.92 Å². The molecule has 2 amide bonds. The molecule has 8 heteroatoms. The summed E-state index contributed by atoms with van der Waals surface area (Å²) in [7, 11) is 2.18. The smallest absolute Gasteiger partial charge is 0.255 e. The number of nitrogens with zero attached hydrogens (tertiary/aromatic N) is 4. The molecule has 0 spiro atoms. The van der Waals surface area contributed by atoms with Gasteiger partial charge in [0.2, 0.25) is 5.91 Å².